The fourth-order valence-electron chi connectivity index (χ4n) is 2.55. The third kappa shape index (κ3) is 4.45. The zero-order valence-corrected chi connectivity index (χ0v) is 14.6. The molecule has 1 amide bonds. The minimum atomic E-state index is 0.183. The minimum Gasteiger partial charge on any atom is -0.381 e. The van der Waals surface area contributed by atoms with Crippen LogP contribution in [0, 0.1) is 6.92 Å². The minimum absolute atomic E-state index is 0.183. The summed E-state index contributed by atoms with van der Waals surface area (Å²) in [7, 11) is 3.62. The van der Waals surface area contributed by atoms with Gasteiger partial charge >= 0.3 is 0 Å². The Labute approximate surface area is 135 Å². The van der Waals surface area contributed by atoms with Gasteiger partial charge < -0.3 is 10.2 Å². The van der Waals surface area contributed by atoms with E-state index in [1.807, 2.05) is 14.1 Å². The standard InChI is InChI=1S/C16H24BrN3O/c1-12-5-4-6-14(16(12)17)18-13-7-9-20(10-8-13)11-15(21)19(2)3/h4-6,13,18H,7-11H2,1-3H3. The molecule has 0 atom stereocenters. The highest BCUT2D eigenvalue weighted by molar-refractivity contribution is 9.10. The molecule has 0 aliphatic carbocycles. The van der Waals surface area contributed by atoms with Crippen molar-refractivity contribution in [2.24, 2.45) is 0 Å². The van der Waals surface area contributed by atoms with Crippen LogP contribution in [0.4, 0.5) is 5.69 Å². The number of likely N-dealkylation sites (N-methyl/N-ethyl adjacent to an activating group) is 1. The van der Waals surface area contributed by atoms with E-state index in [0.717, 1.165) is 36.1 Å². The molecule has 0 radical (unpaired) electrons. The Morgan fingerprint density at radius 1 is 1.38 bits per heavy atom. The Hall–Kier alpha value is -1.07. The number of nitrogens with one attached hydrogen (secondary N) is 1. The predicted octanol–water partition coefficient (Wildman–Crippen LogP) is 2.72. The highest BCUT2D eigenvalue weighted by atomic mass is 79.9. The fourth-order valence-corrected chi connectivity index (χ4v) is 2.93. The van der Waals surface area contributed by atoms with E-state index >= 15 is 0 Å². The van der Waals surface area contributed by atoms with Crippen LogP contribution in [0.2, 0.25) is 0 Å². The molecule has 1 aromatic rings. The maximum atomic E-state index is 11.7. The summed E-state index contributed by atoms with van der Waals surface area (Å²) in [4.78, 5) is 15.6. The molecule has 0 spiro atoms. The van der Waals surface area contributed by atoms with Crippen LogP contribution in [-0.4, -0.2) is 55.5 Å². The lowest BCUT2D eigenvalue weighted by Crippen LogP contribution is -2.43. The second-order valence-electron chi connectivity index (χ2n) is 5.92. The van der Waals surface area contributed by atoms with Gasteiger partial charge in [0.2, 0.25) is 5.91 Å². The fraction of sp³-hybridized carbons (Fsp3) is 0.562. The predicted molar refractivity (Wildman–Crippen MR) is 90.7 cm³/mol. The number of likely N-dealkylation sites (tertiary alicyclic amines) is 1. The van der Waals surface area contributed by atoms with Gasteiger partial charge in [-0.15, -0.1) is 0 Å². The SMILES string of the molecule is Cc1cccc(NC2CCN(CC(=O)N(C)C)CC2)c1Br. The second kappa shape index (κ2) is 7.27. The van der Waals surface area contributed by atoms with Crippen molar-refractivity contribution in [2.75, 3.05) is 39.0 Å². The van der Waals surface area contributed by atoms with Gasteiger partial charge in [-0.1, -0.05) is 12.1 Å². The average molecular weight is 354 g/mol. The Kier molecular flexibility index (Phi) is 5.65. The van der Waals surface area contributed by atoms with Crippen LogP contribution in [0.15, 0.2) is 22.7 Å². The van der Waals surface area contributed by atoms with E-state index in [1.54, 1.807) is 4.90 Å². The third-order valence-corrected chi connectivity index (χ3v) is 5.05. The highest BCUT2D eigenvalue weighted by Gasteiger charge is 2.21. The number of hydrogen-bond donors (Lipinski definition) is 1. The molecule has 4 nitrogen and oxygen atoms in total. The molecule has 5 heteroatoms. The lowest BCUT2D eigenvalue weighted by atomic mass is 10.0. The topological polar surface area (TPSA) is 35.6 Å². The number of hydrogen-bond acceptors (Lipinski definition) is 3. The molecule has 1 aliphatic heterocycles. The molecular formula is C16H24BrN3O. The van der Waals surface area contributed by atoms with Crippen LogP contribution in [0.1, 0.15) is 18.4 Å². The van der Waals surface area contributed by atoms with E-state index in [-0.39, 0.29) is 5.91 Å². The van der Waals surface area contributed by atoms with Crippen molar-refractivity contribution in [1.29, 1.82) is 0 Å². The molecule has 116 valence electrons. The first kappa shape index (κ1) is 16.3. The molecule has 0 aromatic heterocycles. The second-order valence-corrected chi connectivity index (χ2v) is 6.71. The number of amides is 1. The number of aryl methyl sites for hydroxylation is 1. The summed E-state index contributed by atoms with van der Waals surface area (Å²) >= 11 is 3.64. The molecule has 0 bridgehead atoms. The van der Waals surface area contributed by atoms with Crippen molar-refractivity contribution in [3.63, 3.8) is 0 Å². The van der Waals surface area contributed by atoms with Gasteiger partial charge in [0, 0.05) is 43.4 Å². The molecule has 2 rings (SSSR count). The van der Waals surface area contributed by atoms with E-state index in [1.165, 1.54) is 5.56 Å². The number of rotatable bonds is 4. The van der Waals surface area contributed by atoms with Crippen molar-refractivity contribution < 1.29 is 4.79 Å². The van der Waals surface area contributed by atoms with E-state index in [2.05, 4.69) is 51.3 Å². The Bertz CT molecular complexity index is 496. The van der Waals surface area contributed by atoms with Gasteiger partial charge in [-0.3, -0.25) is 9.69 Å². The van der Waals surface area contributed by atoms with E-state index in [0.29, 0.717) is 12.6 Å². The number of benzene rings is 1. The molecule has 0 unspecified atom stereocenters. The van der Waals surface area contributed by atoms with E-state index < -0.39 is 0 Å². The maximum absolute atomic E-state index is 11.7. The van der Waals surface area contributed by atoms with Crippen LogP contribution in [0.25, 0.3) is 0 Å². The van der Waals surface area contributed by atoms with Crippen molar-refractivity contribution in [3.05, 3.63) is 28.2 Å². The molecule has 1 aliphatic rings. The lowest BCUT2D eigenvalue weighted by molar-refractivity contribution is -0.130. The van der Waals surface area contributed by atoms with Gasteiger partial charge in [0.25, 0.3) is 0 Å². The first-order chi connectivity index (χ1) is 9.97. The van der Waals surface area contributed by atoms with Crippen molar-refractivity contribution in [3.8, 4) is 0 Å². The normalized spacial score (nSPS) is 16.8. The van der Waals surface area contributed by atoms with Gasteiger partial charge in [-0.05, 0) is 47.3 Å². The van der Waals surface area contributed by atoms with E-state index in [4.69, 9.17) is 0 Å². The number of carbonyl (C=O) groups is 1. The van der Waals surface area contributed by atoms with Gasteiger partial charge in [-0.25, -0.2) is 0 Å². The number of halogens is 1. The molecule has 1 heterocycles. The number of nitrogens with zero attached hydrogens (tertiary/aromatic N) is 2. The van der Waals surface area contributed by atoms with Gasteiger partial charge in [0.1, 0.15) is 0 Å². The van der Waals surface area contributed by atoms with Crippen LogP contribution >= 0.6 is 15.9 Å². The van der Waals surface area contributed by atoms with Crippen molar-refractivity contribution in [1.82, 2.24) is 9.80 Å². The van der Waals surface area contributed by atoms with Gasteiger partial charge in [0.15, 0.2) is 0 Å². The smallest absolute Gasteiger partial charge is 0.236 e. The molecule has 1 fully saturated rings. The van der Waals surface area contributed by atoms with Gasteiger partial charge in [-0.2, -0.15) is 0 Å². The molecule has 1 saturated heterocycles. The summed E-state index contributed by atoms with van der Waals surface area (Å²) in [6.45, 7) is 4.58. The van der Waals surface area contributed by atoms with Crippen LogP contribution in [0.5, 0.6) is 0 Å². The first-order valence-electron chi connectivity index (χ1n) is 7.41. The van der Waals surface area contributed by atoms with Crippen LogP contribution in [-0.2, 0) is 4.79 Å². The highest BCUT2D eigenvalue weighted by Crippen LogP contribution is 2.27. The molecule has 0 saturated carbocycles. The molecule has 1 N–H and O–H groups in total. The monoisotopic (exact) mass is 353 g/mol. The van der Waals surface area contributed by atoms with Crippen LogP contribution < -0.4 is 5.32 Å². The molecule has 1 aromatic carbocycles. The Morgan fingerprint density at radius 3 is 2.67 bits per heavy atom. The summed E-state index contributed by atoms with van der Waals surface area (Å²) in [5.74, 6) is 0.183. The molecule has 21 heavy (non-hydrogen) atoms. The summed E-state index contributed by atoms with van der Waals surface area (Å²) in [5.41, 5.74) is 2.41. The number of carbonyl (C=O) groups excluding carboxylic acids is 1. The number of piperidine rings is 1. The van der Waals surface area contributed by atoms with E-state index in [9.17, 15) is 4.79 Å². The summed E-state index contributed by atoms with van der Waals surface area (Å²) in [5, 5.41) is 3.62. The maximum Gasteiger partial charge on any atom is 0.236 e. The lowest BCUT2D eigenvalue weighted by Gasteiger charge is -2.33. The first-order valence-corrected chi connectivity index (χ1v) is 8.21. The zero-order valence-electron chi connectivity index (χ0n) is 13.0. The quantitative estimate of drug-likeness (QED) is 0.903. The summed E-state index contributed by atoms with van der Waals surface area (Å²) < 4.78 is 1.15. The Balaban J connectivity index is 1.84. The average Bonchev–Trinajstić information content (AvgIpc) is 2.46. The summed E-state index contributed by atoms with van der Waals surface area (Å²) in [6.07, 6.45) is 2.14. The summed E-state index contributed by atoms with van der Waals surface area (Å²) in [6, 6.07) is 6.77. The van der Waals surface area contributed by atoms with Crippen molar-refractivity contribution >= 4 is 27.5 Å². The largest absolute Gasteiger partial charge is 0.381 e. The Morgan fingerprint density at radius 2 is 2.05 bits per heavy atom. The number of anilines is 1. The third-order valence-electron chi connectivity index (χ3n) is 4.00. The van der Waals surface area contributed by atoms with Crippen LogP contribution in [0.3, 0.4) is 0 Å². The molecular weight excluding hydrogens is 330 g/mol. The van der Waals surface area contributed by atoms with Crippen molar-refractivity contribution in [2.45, 2.75) is 25.8 Å². The van der Waals surface area contributed by atoms with Gasteiger partial charge in [0.05, 0.1) is 6.54 Å². The zero-order chi connectivity index (χ0) is 15.4.